The normalized spacial score (nSPS) is 15.7. The van der Waals surface area contributed by atoms with Crippen molar-refractivity contribution in [3.63, 3.8) is 0 Å². The molecule has 1 aliphatic rings. The van der Waals surface area contributed by atoms with Crippen LogP contribution in [0.25, 0.3) is 6.08 Å². The fourth-order valence-corrected chi connectivity index (χ4v) is 5.99. The van der Waals surface area contributed by atoms with E-state index in [-0.39, 0.29) is 11.5 Å². The molecule has 36 heavy (non-hydrogen) atoms. The first-order chi connectivity index (χ1) is 17.2. The third-order valence-corrected chi connectivity index (χ3v) is 7.53. The van der Waals surface area contributed by atoms with Crippen molar-refractivity contribution in [2.45, 2.75) is 20.5 Å². The molecule has 4 rings (SSSR count). The molecule has 1 heterocycles. The maximum atomic E-state index is 13.1. The zero-order valence-corrected chi connectivity index (χ0v) is 23.5. The van der Waals surface area contributed by atoms with Gasteiger partial charge in [0, 0.05) is 6.54 Å². The minimum atomic E-state index is -1.03. The van der Waals surface area contributed by atoms with Crippen molar-refractivity contribution in [2.75, 3.05) is 6.54 Å². The standard InChI is InChI=1S/C27H22Br2N2O4S/c1-3-31-25(32)23(36-27(31)30-20-6-4-5-19(14-20)26(33)34)13-18-11-21(28)24(22(29)12-18)35-15-17-9-7-16(2)8-10-17/h4-14H,3,15H2,1-2H3,(H,33,34). The van der Waals surface area contributed by atoms with Gasteiger partial charge in [-0.15, -0.1) is 0 Å². The number of thioether (sulfide) groups is 1. The van der Waals surface area contributed by atoms with Crippen molar-refractivity contribution in [3.8, 4) is 5.75 Å². The number of aryl methyl sites for hydroxylation is 1. The summed E-state index contributed by atoms with van der Waals surface area (Å²) in [7, 11) is 0. The number of carbonyl (C=O) groups excluding carboxylic acids is 1. The van der Waals surface area contributed by atoms with Crippen LogP contribution in [0.1, 0.15) is 34.0 Å². The lowest BCUT2D eigenvalue weighted by Gasteiger charge is -2.12. The van der Waals surface area contributed by atoms with Gasteiger partial charge in [0.05, 0.1) is 25.1 Å². The smallest absolute Gasteiger partial charge is 0.335 e. The summed E-state index contributed by atoms with van der Waals surface area (Å²) in [5.41, 5.74) is 3.70. The number of nitrogens with zero attached hydrogens (tertiary/aromatic N) is 2. The third-order valence-electron chi connectivity index (χ3n) is 5.34. The molecule has 1 amide bonds. The number of amidine groups is 1. The number of hydrogen-bond acceptors (Lipinski definition) is 5. The molecule has 0 unspecified atom stereocenters. The van der Waals surface area contributed by atoms with Crippen LogP contribution in [0.4, 0.5) is 5.69 Å². The van der Waals surface area contributed by atoms with Crippen molar-refractivity contribution in [3.05, 3.63) is 96.8 Å². The number of amides is 1. The van der Waals surface area contributed by atoms with Crippen LogP contribution in [0.5, 0.6) is 5.75 Å². The summed E-state index contributed by atoms with van der Waals surface area (Å²) in [6.07, 6.45) is 1.81. The highest BCUT2D eigenvalue weighted by molar-refractivity contribution is 9.11. The van der Waals surface area contributed by atoms with Crippen LogP contribution in [0, 0.1) is 6.92 Å². The quantitative estimate of drug-likeness (QED) is 0.275. The molecule has 0 aliphatic carbocycles. The molecule has 0 radical (unpaired) electrons. The number of aliphatic imine (C=N–C) groups is 1. The van der Waals surface area contributed by atoms with Gasteiger partial charge >= 0.3 is 5.97 Å². The Balaban J connectivity index is 1.56. The predicted octanol–water partition coefficient (Wildman–Crippen LogP) is 7.42. The van der Waals surface area contributed by atoms with E-state index in [9.17, 15) is 14.7 Å². The van der Waals surface area contributed by atoms with Crippen LogP contribution < -0.4 is 4.74 Å². The minimum absolute atomic E-state index is 0.143. The molecule has 184 valence electrons. The highest BCUT2D eigenvalue weighted by Crippen LogP contribution is 2.38. The number of benzene rings is 3. The molecular weight excluding hydrogens is 608 g/mol. The Hall–Kier alpha value is -2.88. The molecule has 3 aromatic carbocycles. The summed E-state index contributed by atoms with van der Waals surface area (Å²) in [6, 6.07) is 18.3. The second kappa shape index (κ2) is 11.5. The average Bonchev–Trinajstić information content (AvgIpc) is 3.13. The number of halogens is 2. The molecule has 0 aromatic heterocycles. The van der Waals surface area contributed by atoms with Gasteiger partial charge in [-0.2, -0.15) is 0 Å². The first kappa shape index (κ1) is 26.2. The summed E-state index contributed by atoms with van der Waals surface area (Å²) in [6.45, 7) is 4.79. The van der Waals surface area contributed by atoms with Crippen molar-refractivity contribution in [1.29, 1.82) is 0 Å². The summed E-state index contributed by atoms with van der Waals surface area (Å²) < 4.78 is 7.55. The first-order valence-electron chi connectivity index (χ1n) is 11.1. The van der Waals surface area contributed by atoms with Crippen LogP contribution >= 0.6 is 43.6 Å². The second-order valence-corrected chi connectivity index (χ2v) is 10.7. The lowest BCUT2D eigenvalue weighted by atomic mass is 10.1. The van der Waals surface area contributed by atoms with E-state index < -0.39 is 5.97 Å². The minimum Gasteiger partial charge on any atom is -0.487 e. The Morgan fingerprint density at radius 2 is 1.81 bits per heavy atom. The van der Waals surface area contributed by atoms with E-state index in [4.69, 9.17) is 4.74 Å². The Kier molecular flexibility index (Phi) is 8.33. The number of carboxylic acids is 1. The molecule has 6 nitrogen and oxygen atoms in total. The van der Waals surface area contributed by atoms with Crippen LogP contribution in [0.3, 0.4) is 0 Å². The van der Waals surface area contributed by atoms with Crippen molar-refractivity contribution in [1.82, 2.24) is 4.90 Å². The Morgan fingerprint density at radius 3 is 2.44 bits per heavy atom. The van der Waals surface area contributed by atoms with E-state index in [0.29, 0.717) is 34.7 Å². The van der Waals surface area contributed by atoms with Gasteiger partial charge in [0.15, 0.2) is 5.17 Å². The molecule has 3 aromatic rings. The fraction of sp³-hybridized carbons (Fsp3) is 0.148. The Morgan fingerprint density at radius 1 is 1.11 bits per heavy atom. The van der Waals surface area contributed by atoms with Gasteiger partial charge in [-0.1, -0.05) is 35.9 Å². The van der Waals surface area contributed by atoms with E-state index >= 15 is 0 Å². The number of hydrogen-bond donors (Lipinski definition) is 1. The monoisotopic (exact) mass is 628 g/mol. The summed E-state index contributed by atoms with van der Waals surface area (Å²) in [5, 5.41) is 9.75. The van der Waals surface area contributed by atoms with Gasteiger partial charge in [-0.25, -0.2) is 9.79 Å². The lowest BCUT2D eigenvalue weighted by Crippen LogP contribution is -2.28. The average molecular weight is 630 g/mol. The number of aromatic carboxylic acids is 1. The van der Waals surface area contributed by atoms with E-state index in [2.05, 4.69) is 36.9 Å². The molecule has 0 bridgehead atoms. The Labute approximate surface area is 230 Å². The Bertz CT molecular complexity index is 1360. The first-order valence-corrected chi connectivity index (χ1v) is 13.5. The van der Waals surface area contributed by atoms with Gasteiger partial charge in [-0.05, 0) is 105 Å². The molecular formula is C27H22Br2N2O4S. The van der Waals surface area contributed by atoms with Gasteiger partial charge in [0.2, 0.25) is 0 Å². The SMILES string of the molecule is CCN1C(=O)C(=Cc2cc(Br)c(OCc3ccc(C)cc3)c(Br)c2)SC1=Nc1cccc(C(=O)O)c1. The molecule has 0 spiro atoms. The topological polar surface area (TPSA) is 79.2 Å². The molecule has 1 saturated heterocycles. The van der Waals surface area contributed by atoms with Gasteiger partial charge in [0.25, 0.3) is 5.91 Å². The molecule has 0 saturated carbocycles. The number of rotatable bonds is 7. The summed E-state index contributed by atoms with van der Waals surface area (Å²) in [5.74, 6) is -0.496. The fourth-order valence-electron chi connectivity index (χ4n) is 3.48. The largest absolute Gasteiger partial charge is 0.487 e. The number of likely N-dealkylation sites (N-methyl/N-ethyl adjacent to an activating group) is 1. The van der Waals surface area contributed by atoms with Gasteiger partial charge in [0.1, 0.15) is 12.4 Å². The van der Waals surface area contributed by atoms with E-state index in [1.807, 2.05) is 56.3 Å². The van der Waals surface area contributed by atoms with Crippen LogP contribution in [-0.4, -0.2) is 33.6 Å². The lowest BCUT2D eigenvalue weighted by molar-refractivity contribution is -0.122. The maximum absolute atomic E-state index is 13.1. The highest BCUT2D eigenvalue weighted by atomic mass is 79.9. The number of carbonyl (C=O) groups is 2. The summed E-state index contributed by atoms with van der Waals surface area (Å²) in [4.78, 5) is 31.0. The second-order valence-electron chi connectivity index (χ2n) is 8.00. The predicted molar refractivity (Wildman–Crippen MR) is 151 cm³/mol. The van der Waals surface area contributed by atoms with Crippen molar-refractivity contribution < 1.29 is 19.4 Å². The molecule has 9 heteroatoms. The van der Waals surface area contributed by atoms with Gasteiger partial charge in [-0.3, -0.25) is 9.69 Å². The van der Waals surface area contributed by atoms with Crippen LogP contribution in [0.15, 0.2) is 79.5 Å². The summed E-state index contributed by atoms with van der Waals surface area (Å²) >= 11 is 8.44. The van der Waals surface area contributed by atoms with Crippen LogP contribution in [-0.2, 0) is 11.4 Å². The number of carboxylic acid groups (broad SMARTS) is 1. The van der Waals surface area contributed by atoms with E-state index in [0.717, 1.165) is 20.1 Å². The zero-order chi connectivity index (χ0) is 25.8. The van der Waals surface area contributed by atoms with E-state index in [1.54, 1.807) is 17.0 Å². The molecule has 1 aliphatic heterocycles. The van der Waals surface area contributed by atoms with Gasteiger partial charge < -0.3 is 9.84 Å². The van der Waals surface area contributed by atoms with Crippen molar-refractivity contribution >= 4 is 72.4 Å². The van der Waals surface area contributed by atoms with E-state index in [1.165, 1.54) is 29.5 Å². The molecule has 1 fully saturated rings. The third kappa shape index (κ3) is 6.08. The van der Waals surface area contributed by atoms with Crippen molar-refractivity contribution in [2.24, 2.45) is 4.99 Å². The highest BCUT2D eigenvalue weighted by Gasteiger charge is 2.32. The maximum Gasteiger partial charge on any atom is 0.335 e. The zero-order valence-electron chi connectivity index (χ0n) is 19.5. The molecule has 0 atom stereocenters. The molecule has 1 N–H and O–H groups in total. The van der Waals surface area contributed by atoms with Crippen LogP contribution in [0.2, 0.25) is 0 Å². The number of ether oxygens (including phenoxy) is 1.